The third-order valence-corrected chi connectivity index (χ3v) is 5.02. The van der Waals surface area contributed by atoms with Crippen LogP contribution in [0.3, 0.4) is 0 Å². The molecule has 0 bridgehead atoms. The zero-order chi connectivity index (χ0) is 17.4. The molecule has 0 saturated heterocycles. The summed E-state index contributed by atoms with van der Waals surface area (Å²) in [5.74, 6) is -0.0782. The first-order valence-electron chi connectivity index (χ1n) is 7.57. The average Bonchev–Trinajstić information content (AvgIpc) is 2.99. The van der Waals surface area contributed by atoms with Gasteiger partial charge in [-0.1, -0.05) is 30.3 Å². The number of thiophene rings is 1. The number of carbonyl (C=O) groups is 2. The molecular formula is C17H20BrN3O2S. The summed E-state index contributed by atoms with van der Waals surface area (Å²) in [7, 11) is 1.73. The van der Waals surface area contributed by atoms with Crippen molar-refractivity contribution in [3.63, 3.8) is 0 Å². The number of amides is 3. The first kappa shape index (κ1) is 18.5. The van der Waals surface area contributed by atoms with E-state index in [0.29, 0.717) is 19.6 Å². The lowest BCUT2D eigenvalue weighted by atomic mass is 10.2. The van der Waals surface area contributed by atoms with E-state index in [1.54, 1.807) is 23.3 Å². The van der Waals surface area contributed by atoms with Crippen LogP contribution < -0.4 is 10.6 Å². The normalized spacial score (nSPS) is 10.2. The topological polar surface area (TPSA) is 61.4 Å². The molecule has 5 nitrogen and oxygen atoms in total. The molecule has 0 atom stereocenters. The first-order chi connectivity index (χ1) is 11.5. The number of nitrogens with zero attached hydrogens (tertiary/aromatic N) is 1. The Morgan fingerprint density at radius 3 is 2.62 bits per heavy atom. The summed E-state index contributed by atoms with van der Waals surface area (Å²) in [5, 5.41) is 7.57. The van der Waals surface area contributed by atoms with Crippen molar-refractivity contribution in [2.75, 3.05) is 13.6 Å². The molecule has 3 amide bonds. The molecule has 24 heavy (non-hydrogen) atoms. The third kappa shape index (κ3) is 6.33. The molecule has 1 aromatic heterocycles. The molecule has 128 valence electrons. The maximum absolute atomic E-state index is 12.0. The zero-order valence-electron chi connectivity index (χ0n) is 13.4. The number of nitrogens with one attached hydrogen (secondary N) is 2. The monoisotopic (exact) mass is 409 g/mol. The van der Waals surface area contributed by atoms with Crippen molar-refractivity contribution in [3.8, 4) is 0 Å². The summed E-state index contributed by atoms with van der Waals surface area (Å²) < 4.78 is 1.02. The second kappa shape index (κ2) is 9.44. The Morgan fingerprint density at radius 2 is 1.96 bits per heavy atom. The fourth-order valence-electron chi connectivity index (χ4n) is 2.07. The van der Waals surface area contributed by atoms with Gasteiger partial charge in [0, 0.05) is 41.3 Å². The highest BCUT2D eigenvalue weighted by Gasteiger charge is 2.09. The molecule has 0 unspecified atom stereocenters. The molecule has 0 saturated carbocycles. The molecule has 2 aromatic rings. The van der Waals surface area contributed by atoms with E-state index >= 15 is 0 Å². The van der Waals surface area contributed by atoms with Crippen LogP contribution in [0.15, 0.2) is 46.3 Å². The van der Waals surface area contributed by atoms with Crippen LogP contribution in [0, 0.1) is 0 Å². The van der Waals surface area contributed by atoms with Crippen molar-refractivity contribution in [2.45, 2.75) is 19.5 Å². The summed E-state index contributed by atoms with van der Waals surface area (Å²) in [4.78, 5) is 26.5. The Kier molecular flexibility index (Phi) is 7.27. The minimum atomic E-state index is -0.186. The molecule has 7 heteroatoms. The molecule has 1 aromatic carbocycles. The van der Waals surface area contributed by atoms with Gasteiger partial charge in [0.25, 0.3) is 0 Å². The van der Waals surface area contributed by atoms with E-state index in [4.69, 9.17) is 0 Å². The Labute approximate surface area is 154 Å². The standard InChI is InChI=1S/C17H20BrN3O2S/c1-21(11-13-5-3-2-4-6-13)17(23)19-8-7-16(22)20-10-15-9-14(18)12-24-15/h2-6,9,12H,7-8,10-11H2,1H3,(H,19,23)(H,20,22). The number of hydrogen-bond donors (Lipinski definition) is 2. The van der Waals surface area contributed by atoms with Crippen LogP contribution in [-0.4, -0.2) is 30.4 Å². The number of rotatable bonds is 7. The maximum Gasteiger partial charge on any atom is 0.317 e. The molecule has 1 heterocycles. The molecule has 2 rings (SSSR count). The van der Waals surface area contributed by atoms with Crippen LogP contribution in [0.25, 0.3) is 0 Å². The third-order valence-electron chi connectivity index (χ3n) is 3.32. The second-order valence-corrected chi connectivity index (χ2v) is 7.24. The van der Waals surface area contributed by atoms with Gasteiger partial charge in [0.15, 0.2) is 0 Å². The van der Waals surface area contributed by atoms with Gasteiger partial charge in [0.2, 0.25) is 5.91 Å². The van der Waals surface area contributed by atoms with Crippen molar-refractivity contribution in [1.82, 2.24) is 15.5 Å². The van der Waals surface area contributed by atoms with Gasteiger partial charge in [0.1, 0.15) is 0 Å². The first-order valence-corrected chi connectivity index (χ1v) is 9.24. The van der Waals surface area contributed by atoms with Gasteiger partial charge in [-0.3, -0.25) is 4.79 Å². The minimum absolute atomic E-state index is 0.0782. The predicted octanol–water partition coefficient (Wildman–Crippen LogP) is 3.36. The summed E-state index contributed by atoms with van der Waals surface area (Å²) >= 11 is 4.97. The van der Waals surface area contributed by atoms with E-state index in [0.717, 1.165) is 14.9 Å². The van der Waals surface area contributed by atoms with E-state index in [1.807, 2.05) is 41.8 Å². The van der Waals surface area contributed by atoms with Crippen LogP contribution in [-0.2, 0) is 17.9 Å². The van der Waals surface area contributed by atoms with E-state index in [2.05, 4.69) is 26.6 Å². The minimum Gasteiger partial charge on any atom is -0.351 e. The zero-order valence-corrected chi connectivity index (χ0v) is 15.8. The van der Waals surface area contributed by atoms with Gasteiger partial charge in [-0.2, -0.15) is 0 Å². The molecule has 0 spiro atoms. The highest BCUT2D eigenvalue weighted by Crippen LogP contribution is 2.19. The van der Waals surface area contributed by atoms with Gasteiger partial charge in [-0.25, -0.2) is 4.79 Å². The number of hydrogen-bond acceptors (Lipinski definition) is 3. The van der Waals surface area contributed by atoms with Gasteiger partial charge >= 0.3 is 6.03 Å². The van der Waals surface area contributed by atoms with Gasteiger partial charge in [-0.05, 0) is 27.6 Å². The lowest BCUT2D eigenvalue weighted by Gasteiger charge is -2.18. The Morgan fingerprint density at radius 1 is 1.21 bits per heavy atom. The average molecular weight is 410 g/mol. The fraction of sp³-hybridized carbons (Fsp3) is 0.294. The van der Waals surface area contributed by atoms with E-state index in [1.165, 1.54) is 0 Å². The summed E-state index contributed by atoms with van der Waals surface area (Å²) in [6.07, 6.45) is 0.261. The van der Waals surface area contributed by atoms with E-state index < -0.39 is 0 Å². The van der Waals surface area contributed by atoms with Crippen molar-refractivity contribution in [3.05, 3.63) is 56.7 Å². The van der Waals surface area contributed by atoms with Crippen LogP contribution in [0.5, 0.6) is 0 Å². The Balaban J connectivity index is 1.63. The number of carbonyl (C=O) groups excluding carboxylic acids is 2. The number of benzene rings is 1. The fourth-order valence-corrected chi connectivity index (χ4v) is 3.46. The molecule has 2 N–H and O–H groups in total. The molecule has 0 aliphatic carbocycles. The van der Waals surface area contributed by atoms with Gasteiger partial charge in [-0.15, -0.1) is 11.3 Å². The summed E-state index contributed by atoms with van der Waals surface area (Å²) in [6.45, 7) is 1.36. The lowest BCUT2D eigenvalue weighted by molar-refractivity contribution is -0.121. The lowest BCUT2D eigenvalue weighted by Crippen LogP contribution is -2.38. The molecule has 0 aliphatic rings. The summed E-state index contributed by atoms with van der Waals surface area (Å²) in [6, 6.07) is 11.6. The Bertz CT molecular complexity index is 675. The second-order valence-electron chi connectivity index (χ2n) is 5.33. The van der Waals surface area contributed by atoms with Crippen molar-refractivity contribution < 1.29 is 9.59 Å². The number of urea groups is 1. The maximum atomic E-state index is 12.0. The number of halogens is 1. The van der Waals surface area contributed by atoms with Crippen molar-refractivity contribution in [2.24, 2.45) is 0 Å². The van der Waals surface area contributed by atoms with Crippen LogP contribution in [0.4, 0.5) is 4.79 Å². The van der Waals surface area contributed by atoms with E-state index in [9.17, 15) is 9.59 Å². The Hall–Kier alpha value is -1.86. The van der Waals surface area contributed by atoms with Gasteiger partial charge < -0.3 is 15.5 Å². The highest BCUT2D eigenvalue weighted by molar-refractivity contribution is 9.10. The predicted molar refractivity (Wildman–Crippen MR) is 99.8 cm³/mol. The van der Waals surface area contributed by atoms with E-state index in [-0.39, 0.29) is 18.4 Å². The summed E-state index contributed by atoms with van der Waals surface area (Å²) in [5.41, 5.74) is 1.06. The smallest absolute Gasteiger partial charge is 0.317 e. The highest BCUT2D eigenvalue weighted by atomic mass is 79.9. The van der Waals surface area contributed by atoms with Crippen LogP contribution >= 0.6 is 27.3 Å². The molecular weight excluding hydrogens is 390 g/mol. The van der Waals surface area contributed by atoms with Crippen LogP contribution in [0.1, 0.15) is 16.9 Å². The van der Waals surface area contributed by atoms with Gasteiger partial charge in [0.05, 0.1) is 6.54 Å². The molecule has 0 fully saturated rings. The van der Waals surface area contributed by atoms with Crippen molar-refractivity contribution >= 4 is 39.2 Å². The van der Waals surface area contributed by atoms with Crippen LogP contribution in [0.2, 0.25) is 0 Å². The quantitative estimate of drug-likeness (QED) is 0.736. The van der Waals surface area contributed by atoms with Crippen molar-refractivity contribution in [1.29, 1.82) is 0 Å². The molecule has 0 aliphatic heterocycles. The molecule has 0 radical (unpaired) electrons. The SMILES string of the molecule is CN(Cc1ccccc1)C(=O)NCCC(=O)NCc1cc(Br)cs1. The largest absolute Gasteiger partial charge is 0.351 e.